The van der Waals surface area contributed by atoms with Crippen LogP contribution in [0.25, 0.3) is 0 Å². The lowest BCUT2D eigenvalue weighted by atomic mass is 9.76. The topological polar surface area (TPSA) is 69.6 Å². The molecule has 2 saturated heterocycles. The Morgan fingerprint density at radius 3 is 2.47 bits per heavy atom. The number of alkyl halides is 2. The van der Waals surface area contributed by atoms with Crippen LogP contribution in [-0.2, 0) is 10.7 Å². The monoisotopic (exact) mass is 478 g/mol. The third kappa shape index (κ3) is 4.41. The summed E-state index contributed by atoms with van der Waals surface area (Å²) < 4.78 is 58.9. The zero-order valence-corrected chi connectivity index (χ0v) is 18.8. The van der Waals surface area contributed by atoms with Crippen LogP contribution in [0.3, 0.4) is 0 Å². The largest absolute Gasteiger partial charge is 0.393 e. The second-order valence-corrected chi connectivity index (χ2v) is 9.30. The Kier molecular flexibility index (Phi) is 6.42. The molecular weight excluding hydrogens is 452 g/mol. The molecule has 2 amide bonds. The lowest BCUT2D eigenvalue weighted by Crippen LogP contribution is -2.61. The molecular formula is C25H26F4N2O3. The van der Waals surface area contributed by atoms with Crippen molar-refractivity contribution in [3.63, 3.8) is 0 Å². The Morgan fingerprint density at radius 1 is 1.06 bits per heavy atom. The SMILES string of the molecule is Cc1cc(NC(=O)c2ccc(F)c(C(F)(F)C(=O)N3[C@@H]4CC[C@H](C)[C@H]3CC(O)C4)c2)ccc1F. The van der Waals surface area contributed by atoms with Crippen LogP contribution in [-0.4, -0.2) is 40.0 Å². The number of fused-ring (bicyclic) bond motifs is 2. The number of benzene rings is 2. The van der Waals surface area contributed by atoms with E-state index in [-0.39, 0.29) is 35.6 Å². The first kappa shape index (κ1) is 24.2. The summed E-state index contributed by atoms with van der Waals surface area (Å²) in [6, 6.07) is 5.19. The number of carbonyl (C=O) groups excluding carboxylic acids is 2. The first-order valence-corrected chi connectivity index (χ1v) is 11.2. The van der Waals surface area contributed by atoms with Crippen LogP contribution in [0.15, 0.2) is 36.4 Å². The fraction of sp³-hybridized carbons (Fsp3) is 0.440. The van der Waals surface area contributed by atoms with Crippen LogP contribution in [0, 0.1) is 24.5 Å². The molecule has 182 valence electrons. The molecule has 0 radical (unpaired) electrons. The number of nitrogens with one attached hydrogen (secondary N) is 1. The number of hydrogen-bond acceptors (Lipinski definition) is 3. The van der Waals surface area contributed by atoms with Crippen molar-refractivity contribution in [2.75, 3.05) is 5.32 Å². The van der Waals surface area contributed by atoms with Crippen molar-refractivity contribution in [3.8, 4) is 0 Å². The van der Waals surface area contributed by atoms with Gasteiger partial charge in [0.1, 0.15) is 11.6 Å². The van der Waals surface area contributed by atoms with E-state index in [1.54, 1.807) is 0 Å². The molecule has 0 aliphatic carbocycles. The zero-order valence-electron chi connectivity index (χ0n) is 18.8. The van der Waals surface area contributed by atoms with Gasteiger partial charge < -0.3 is 15.3 Å². The van der Waals surface area contributed by atoms with Gasteiger partial charge >= 0.3 is 5.92 Å². The molecule has 4 atom stereocenters. The lowest BCUT2D eigenvalue weighted by Gasteiger charge is -2.51. The van der Waals surface area contributed by atoms with E-state index in [9.17, 15) is 23.5 Å². The number of aliphatic hydroxyl groups is 1. The number of nitrogens with zero attached hydrogens (tertiary/aromatic N) is 1. The van der Waals surface area contributed by atoms with E-state index in [0.29, 0.717) is 12.5 Å². The number of rotatable bonds is 4. The van der Waals surface area contributed by atoms with E-state index in [4.69, 9.17) is 0 Å². The summed E-state index contributed by atoms with van der Waals surface area (Å²) in [6.45, 7) is 3.35. The highest BCUT2D eigenvalue weighted by atomic mass is 19.3. The number of halogens is 4. The molecule has 2 bridgehead atoms. The lowest BCUT2D eigenvalue weighted by molar-refractivity contribution is -0.175. The highest BCUT2D eigenvalue weighted by Gasteiger charge is 2.53. The van der Waals surface area contributed by atoms with Gasteiger partial charge in [-0.05, 0) is 80.5 Å². The molecule has 2 fully saturated rings. The first-order valence-electron chi connectivity index (χ1n) is 11.2. The van der Waals surface area contributed by atoms with Gasteiger partial charge in [0.15, 0.2) is 0 Å². The van der Waals surface area contributed by atoms with Crippen LogP contribution in [0.1, 0.15) is 54.1 Å². The van der Waals surface area contributed by atoms with Crippen molar-refractivity contribution in [1.29, 1.82) is 0 Å². The molecule has 2 aromatic carbocycles. The van der Waals surface area contributed by atoms with Gasteiger partial charge in [0, 0.05) is 23.3 Å². The zero-order chi connectivity index (χ0) is 24.8. The Labute approximate surface area is 194 Å². The molecule has 2 heterocycles. The molecule has 2 aliphatic heterocycles. The van der Waals surface area contributed by atoms with Crippen LogP contribution in [0.2, 0.25) is 0 Å². The summed E-state index contributed by atoms with van der Waals surface area (Å²) in [4.78, 5) is 26.8. The van der Waals surface area contributed by atoms with Crippen LogP contribution in [0.4, 0.5) is 23.2 Å². The number of anilines is 1. The molecule has 0 saturated carbocycles. The quantitative estimate of drug-likeness (QED) is 0.623. The fourth-order valence-corrected chi connectivity index (χ4v) is 5.02. The Bertz CT molecular complexity index is 1120. The van der Waals surface area contributed by atoms with Crippen LogP contribution >= 0.6 is 0 Å². The van der Waals surface area contributed by atoms with Gasteiger partial charge in [-0.1, -0.05) is 6.92 Å². The Balaban J connectivity index is 1.61. The number of carbonyl (C=O) groups is 2. The summed E-state index contributed by atoms with van der Waals surface area (Å²) >= 11 is 0. The highest BCUT2D eigenvalue weighted by molar-refractivity contribution is 6.04. The van der Waals surface area contributed by atoms with E-state index in [2.05, 4.69) is 5.32 Å². The van der Waals surface area contributed by atoms with Gasteiger partial charge in [-0.15, -0.1) is 0 Å². The second-order valence-electron chi connectivity index (χ2n) is 9.30. The molecule has 9 heteroatoms. The van der Waals surface area contributed by atoms with Gasteiger partial charge in [0.2, 0.25) is 0 Å². The molecule has 2 N–H and O–H groups in total. The summed E-state index contributed by atoms with van der Waals surface area (Å²) in [5.74, 6) is -8.38. The van der Waals surface area contributed by atoms with E-state index >= 15 is 8.78 Å². The summed E-state index contributed by atoms with van der Waals surface area (Å²) in [5, 5.41) is 12.6. The third-order valence-electron chi connectivity index (χ3n) is 6.91. The average molecular weight is 478 g/mol. The number of aryl methyl sites for hydroxylation is 1. The molecule has 2 aromatic rings. The predicted octanol–water partition coefficient (Wildman–Crippen LogP) is 4.77. The molecule has 0 aromatic heterocycles. The molecule has 1 unspecified atom stereocenters. The van der Waals surface area contributed by atoms with Gasteiger partial charge in [0.05, 0.1) is 11.7 Å². The summed E-state index contributed by atoms with van der Waals surface area (Å²) in [5.41, 5.74) is -0.932. The smallest absolute Gasteiger partial charge is 0.352 e. The minimum absolute atomic E-state index is 0.0768. The molecule has 34 heavy (non-hydrogen) atoms. The van der Waals surface area contributed by atoms with Gasteiger partial charge in [-0.25, -0.2) is 8.78 Å². The number of piperidine rings is 2. The van der Waals surface area contributed by atoms with Crippen LogP contribution < -0.4 is 5.32 Å². The fourth-order valence-electron chi connectivity index (χ4n) is 5.02. The average Bonchev–Trinajstić information content (AvgIpc) is 2.78. The minimum atomic E-state index is -4.21. The van der Waals surface area contributed by atoms with Crippen molar-refractivity contribution in [1.82, 2.24) is 4.90 Å². The maximum absolute atomic E-state index is 15.4. The van der Waals surface area contributed by atoms with Crippen molar-refractivity contribution in [3.05, 3.63) is 64.7 Å². The number of amides is 2. The summed E-state index contributed by atoms with van der Waals surface area (Å²) in [6.07, 6.45) is 0.964. The van der Waals surface area contributed by atoms with E-state index < -0.39 is 53.1 Å². The van der Waals surface area contributed by atoms with E-state index in [0.717, 1.165) is 29.5 Å². The number of aliphatic hydroxyl groups excluding tert-OH is 1. The summed E-state index contributed by atoms with van der Waals surface area (Å²) in [7, 11) is 0. The van der Waals surface area contributed by atoms with Crippen LogP contribution in [0.5, 0.6) is 0 Å². The van der Waals surface area contributed by atoms with Crippen molar-refractivity contribution >= 4 is 17.5 Å². The molecule has 5 nitrogen and oxygen atoms in total. The van der Waals surface area contributed by atoms with Crippen molar-refractivity contribution in [2.45, 2.75) is 63.6 Å². The Hall–Kier alpha value is -2.94. The van der Waals surface area contributed by atoms with Crippen molar-refractivity contribution in [2.24, 2.45) is 5.92 Å². The maximum atomic E-state index is 15.4. The first-order chi connectivity index (χ1) is 16.0. The standard InChI is InChI=1S/C25H26F4N2O3/c1-13-3-6-17-11-18(32)12-22(13)31(17)24(34)25(28,29)19-10-15(4-7-21(19)27)23(33)30-16-5-8-20(26)14(2)9-16/h4-5,7-10,13,17-18,22,32H,3,6,11-12H2,1-2H3,(H,30,33)/t13-,17+,18?,22+/m0/s1. The van der Waals surface area contributed by atoms with Gasteiger partial charge in [-0.3, -0.25) is 9.59 Å². The second kappa shape index (κ2) is 9.02. The normalized spacial score (nSPS) is 24.6. The minimum Gasteiger partial charge on any atom is -0.393 e. The highest BCUT2D eigenvalue weighted by Crippen LogP contribution is 2.42. The third-order valence-corrected chi connectivity index (χ3v) is 6.91. The van der Waals surface area contributed by atoms with Gasteiger partial charge in [-0.2, -0.15) is 8.78 Å². The van der Waals surface area contributed by atoms with E-state index in [1.807, 2.05) is 6.92 Å². The molecule has 2 aliphatic rings. The molecule has 4 rings (SSSR count). The van der Waals surface area contributed by atoms with E-state index in [1.165, 1.54) is 19.1 Å². The Morgan fingerprint density at radius 2 is 1.76 bits per heavy atom. The number of hydrogen-bond donors (Lipinski definition) is 2. The molecule has 0 spiro atoms. The van der Waals surface area contributed by atoms with Crippen molar-refractivity contribution < 1.29 is 32.3 Å². The van der Waals surface area contributed by atoms with Gasteiger partial charge in [0.25, 0.3) is 11.8 Å². The predicted molar refractivity (Wildman–Crippen MR) is 117 cm³/mol. The maximum Gasteiger partial charge on any atom is 0.352 e.